The molecule has 1 aromatic rings. The molecule has 1 rings (SSSR count). The summed E-state index contributed by atoms with van der Waals surface area (Å²) < 4.78 is 5.28. The predicted molar refractivity (Wildman–Crippen MR) is 72.0 cm³/mol. The topological polar surface area (TPSA) is 93.4 Å². The van der Waals surface area contributed by atoms with Gasteiger partial charge in [-0.15, -0.1) is 0 Å². The summed E-state index contributed by atoms with van der Waals surface area (Å²) in [5.41, 5.74) is 5.52. The van der Waals surface area contributed by atoms with E-state index in [9.17, 15) is 9.59 Å². The number of amides is 2. The van der Waals surface area contributed by atoms with Crippen molar-refractivity contribution in [2.75, 3.05) is 20.2 Å². The van der Waals surface area contributed by atoms with Gasteiger partial charge in [0.15, 0.2) is 6.61 Å². The summed E-state index contributed by atoms with van der Waals surface area (Å²) in [7, 11) is 1.83. The third-order valence-corrected chi connectivity index (χ3v) is 2.61. The van der Waals surface area contributed by atoms with Crippen LogP contribution in [0.2, 0.25) is 0 Å². The molecule has 0 aliphatic carbocycles. The first kappa shape index (κ1) is 15.0. The Morgan fingerprint density at radius 3 is 2.47 bits per heavy atom. The van der Waals surface area contributed by atoms with E-state index in [1.807, 2.05) is 14.0 Å². The molecule has 0 saturated heterocycles. The zero-order valence-electron chi connectivity index (χ0n) is 11.1. The van der Waals surface area contributed by atoms with Crippen molar-refractivity contribution < 1.29 is 14.3 Å². The van der Waals surface area contributed by atoms with Crippen LogP contribution in [0.4, 0.5) is 0 Å². The fourth-order valence-corrected chi connectivity index (χ4v) is 1.28. The van der Waals surface area contributed by atoms with E-state index in [2.05, 4.69) is 10.6 Å². The van der Waals surface area contributed by atoms with E-state index in [1.54, 1.807) is 24.3 Å². The van der Waals surface area contributed by atoms with Crippen LogP contribution in [-0.4, -0.2) is 38.1 Å². The third-order valence-electron chi connectivity index (χ3n) is 2.61. The Kier molecular flexibility index (Phi) is 5.81. The van der Waals surface area contributed by atoms with E-state index < -0.39 is 5.91 Å². The van der Waals surface area contributed by atoms with E-state index in [1.165, 1.54) is 0 Å². The Hall–Kier alpha value is -2.08. The van der Waals surface area contributed by atoms with Crippen LogP contribution in [0.5, 0.6) is 5.75 Å². The molecule has 0 radical (unpaired) electrons. The van der Waals surface area contributed by atoms with Gasteiger partial charge >= 0.3 is 0 Å². The predicted octanol–water partition coefficient (Wildman–Crippen LogP) is -0.112. The van der Waals surface area contributed by atoms with Crippen LogP contribution < -0.4 is 21.1 Å². The van der Waals surface area contributed by atoms with Gasteiger partial charge in [0.05, 0.1) is 0 Å². The monoisotopic (exact) mass is 265 g/mol. The molecule has 0 heterocycles. The van der Waals surface area contributed by atoms with Crippen molar-refractivity contribution in [3.05, 3.63) is 29.8 Å². The van der Waals surface area contributed by atoms with E-state index in [4.69, 9.17) is 10.5 Å². The number of benzene rings is 1. The number of rotatable bonds is 7. The van der Waals surface area contributed by atoms with Crippen LogP contribution in [-0.2, 0) is 4.79 Å². The maximum absolute atomic E-state index is 11.5. The molecular formula is C13H19N3O3. The molecule has 0 fully saturated rings. The third kappa shape index (κ3) is 5.39. The van der Waals surface area contributed by atoms with Crippen LogP contribution in [0.25, 0.3) is 0 Å². The summed E-state index contributed by atoms with van der Waals surface area (Å²) >= 11 is 0. The van der Waals surface area contributed by atoms with Crippen molar-refractivity contribution >= 4 is 11.8 Å². The number of nitrogens with two attached hydrogens (primary N) is 1. The molecule has 6 nitrogen and oxygen atoms in total. The molecule has 19 heavy (non-hydrogen) atoms. The molecule has 0 bridgehead atoms. The van der Waals surface area contributed by atoms with Crippen molar-refractivity contribution in [2.45, 2.75) is 13.0 Å². The lowest BCUT2D eigenvalue weighted by Crippen LogP contribution is -2.39. The number of hydrogen-bond donors (Lipinski definition) is 3. The van der Waals surface area contributed by atoms with Gasteiger partial charge in [-0.2, -0.15) is 0 Å². The molecule has 0 saturated carbocycles. The fourth-order valence-electron chi connectivity index (χ4n) is 1.28. The number of primary amides is 1. The first-order valence-corrected chi connectivity index (χ1v) is 5.99. The normalized spacial score (nSPS) is 11.7. The molecule has 4 N–H and O–H groups in total. The molecule has 0 aliphatic heterocycles. The lowest BCUT2D eigenvalue weighted by Gasteiger charge is -2.12. The highest BCUT2D eigenvalue weighted by Crippen LogP contribution is 2.11. The molecule has 0 aromatic heterocycles. The van der Waals surface area contributed by atoms with Crippen molar-refractivity contribution in [3.8, 4) is 5.75 Å². The standard InChI is InChI=1S/C13H19N3O3/c1-9(15-2)7-16-12(17)8-19-11-5-3-10(4-6-11)13(14)18/h3-6,9,15H,7-8H2,1-2H3,(H2,14,18)(H,16,17). The van der Waals surface area contributed by atoms with Gasteiger partial charge in [0.25, 0.3) is 5.91 Å². The van der Waals surface area contributed by atoms with Crippen LogP contribution in [0, 0.1) is 0 Å². The molecule has 1 aromatic carbocycles. The zero-order chi connectivity index (χ0) is 14.3. The van der Waals surface area contributed by atoms with Crippen LogP contribution >= 0.6 is 0 Å². The molecule has 1 unspecified atom stereocenters. The number of hydrogen-bond acceptors (Lipinski definition) is 4. The van der Waals surface area contributed by atoms with Crippen molar-refractivity contribution in [1.82, 2.24) is 10.6 Å². The van der Waals surface area contributed by atoms with Crippen molar-refractivity contribution in [1.29, 1.82) is 0 Å². The Morgan fingerprint density at radius 1 is 1.32 bits per heavy atom. The van der Waals surface area contributed by atoms with Gasteiger partial charge in [-0.3, -0.25) is 9.59 Å². The second-order valence-electron chi connectivity index (χ2n) is 4.17. The van der Waals surface area contributed by atoms with Crippen LogP contribution in [0.15, 0.2) is 24.3 Å². The Balaban J connectivity index is 2.35. The zero-order valence-corrected chi connectivity index (χ0v) is 11.1. The average molecular weight is 265 g/mol. The minimum absolute atomic E-state index is 0.0631. The van der Waals surface area contributed by atoms with Crippen molar-refractivity contribution in [2.24, 2.45) is 5.73 Å². The van der Waals surface area contributed by atoms with Gasteiger partial charge in [-0.1, -0.05) is 0 Å². The molecule has 2 amide bonds. The average Bonchev–Trinajstić information content (AvgIpc) is 2.42. The number of carbonyl (C=O) groups is 2. The summed E-state index contributed by atoms with van der Waals surface area (Å²) in [6.07, 6.45) is 0. The second-order valence-corrected chi connectivity index (χ2v) is 4.17. The van der Waals surface area contributed by atoms with Crippen molar-refractivity contribution in [3.63, 3.8) is 0 Å². The summed E-state index contributed by atoms with van der Waals surface area (Å²) in [5, 5.41) is 5.74. The highest BCUT2D eigenvalue weighted by molar-refractivity contribution is 5.92. The van der Waals surface area contributed by atoms with E-state index in [0.717, 1.165) is 0 Å². The summed E-state index contributed by atoms with van der Waals surface area (Å²) in [6, 6.07) is 6.52. The number of nitrogens with one attached hydrogen (secondary N) is 2. The highest BCUT2D eigenvalue weighted by Gasteiger charge is 2.05. The SMILES string of the molecule is CNC(C)CNC(=O)COc1ccc(C(N)=O)cc1. The summed E-state index contributed by atoms with van der Waals surface area (Å²) in [5.74, 6) is -0.173. The molecule has 6 heteroatoms. The van der Waals surface area contributed by atoms with Gasteiger partial charge in [-0.05, 0) is 38.2 Å². The van der Waals surface area contributed by atoms with E-state index >= 15 is 0 Å². The minimum atomic E-state index is -0.495. The molecule has 0 spiro atoms. The largest absolute Gasteiger partial charge is 0.484 e. The quantitative estimate of drug-likeness (QED) is 0.641. The smallest absolute Gasteiger partial charge is 0.257 e. The van der Waals surface area contributed by atoms with Gasteiger partial charge < -0.3 is 21.1 Å². The second kappa shape index (κ2) is 7.38. The Labute approximate surface area is 112 Å². The molecule has 0 aliphatic rings. The Morgan fingerprint density at radius 2 is 1.95 bits per heavy atom. The van der Waals surface area contributed by atoms with E-state index in [0.29, 0.717) is 17.9 Å². The van der Waals surface area contributed by atoms with Gasteiger partial charge in [0.1, 0.15) is 5.75 Å². The first-order valence-electron chi connectivity index (χ1n) is 5.99. The maximum atomic E-state index is 11.5. The van der Waals surface area contributed by atoms with Crippen LogP contribution in [0.3, 0.4) is 0 Å². The lowest BCUT2D eigenvalue weighted by atomic mass is 10.2. The lowest BCUT2D eigenvalue weighted by molar-refractivity contribution is -0.123. The molecule has 1 atom stereocenters. The minimum Gasteiger partial charge on any atom is -0.484 e. The van der Waals surface area contributed by atoms with E-state index in [-0.39, 0.29) is 18.6 Å². The van der Waals surface area contributed by atoms with Crippen LogP contribution in [0.1, 0.15) is 17.3 Å². The molecular weight excluding hydrogens is 246 g/mol. The number of carbonyl (C=O) groups excluding carboxylic acids is 2. The number of ether oxygens (including phenoxy) is 1. The maximum Gasteiger partial charge on any atom is 0.257 e. The summed E-state index contributed by atoms with van der Waals surface area (Å²) in [4.78, 5) is 22.3. The number of likely N-dealkylation sites (N-methyl/N-ethyl adjacent to an activating group) is 1. The fraction of sp³-hybridized carbons (Fsp3) is 0.385. The van der Waals surface area contributed by atoms with Gasteiger partial charge in [0, 0.05) is 18.2 Å². The highest BCUT2D eigenvalue weighted by atomic mass is 16.5. The summed E-state index contributed by atoms with van der Waals surface area (Å²) in [6.45, 7) is 2.44. The van der Waals surface area contributed by atoms with Gasteiger partial charge in [0.2, 0.25) is 5.91 Å². The Bertz CT molecular complexity index is 431. The first-order chi connectivity index (χ1) is 9.02. The van der Waals surface area contributed by atoms with Gasteiger partial charge in [-0.25, -0.2) is 0 Å². The molecule has 104 valence electrons.